The Labute approximate surface area is 127 Å². The second-order valence-electron chi connectivity index (χ2n) is 5.22. The molecule has 1 aromatic heterocycles. The Bertz CT molecular complexity index is 857. The second-order valence-corrected chi connectivity index (χ2v) is 6.11. The third-order valence-electron chi connectivity index (χ3n) is 3.96. The fraction of sp³-hybridized carbons (Fsp3) is 0.111. The molecule has 0 saturated heterocycles. The topological polar surface area (TPSA) is 36.7 Å². The first-order chi connectivity index (χ1) is 10.3. The van der Waals surface area contributed by atoms with E-state index in [9.17, 15) is 0 Å². The maximum atomic E-state index is 8.99. The summed E-state index contributed by atoms with van der Waals surface area (Å²) in [5.74, 6) is 0.444. The lowest BCUT2D eigenvalue weighted by Crippen LogP contribution is -2.17. The van der Waals surface area contributed by atoms with Gasteiger partial charge in [-0.05, 0) is 29.7 Å². The van der Waals surface area contributed by atoms with Crippen LogP contribution in [0.1, 0.15) is 27.6 Å². The van der Waals surface area contributed by atoms with Crippen LogP contribution in [-0.4, -0.2) is 4.98 Å². The number of rotatable bonds is 2. The molecule has 3 heteroatoms. The molecule has 1 atom stereocenters. The van der Waals surface area contributed by atoms with E-state index in [1.54, 1.807) is 11.3 Å². The maximum Gasteiger partial charge on any atom is 0.101 e. The zero-order valence-electron chi connectivity index (χ0n) is 11.3. The van der Waals surface area contributed by atoms with Crippen LogP contribution in [0.5, 0.6) is 0 Å². The average molecular weight is 288 g/mol. The van der Waals surface area contributed by atoms with Crippen LogP contribution in [0.2, 0.25) is 0 Å². The number of fused-ring (bicyclic) bond motifs is 1. The maximum absolute atomic E-state index is 8.99. The highest BCUT2D eigenvalue weighted by Gasteiger charge is 2.29. The molecule has 0 saturated carbocycles. The fourth-order valence-corrected chi connectivity index (χ4v) is 3.75. The van der Waals surface area contributed by atoms with Crippen LogP contribution in [0.25, 0.3) is 11.3 Å². The van der Waals surface area contributed by atoms with Crippen molar-refractivity contribution in [3.63, 3.8) is 0 Å². The van der Waals surface area contributed by atoms with Crippen molar-refractivity contribution in [1.82, 2.24) is 4.98 Å². The molecule has 0 radical (unpaired) electrons. The Morgan fingerprint density at radius 3 is 2.90 bits per heavy atom. The van der Waals surface area contributed by atoms with Crippen molar-refractivity contribution in [3.05, 3.63) is 75.6 Å². The van der Waals surface area contributed by atoms with Gasteiger partial charge in [0.05, 0.1) is 17.3 Å². The summed E-state index contributed by atoms with van der Waals surface area (Å²) in [6, 6.07) is 18.4. The standard InChI is InChI=1S/C18H12N2S/c19-10-12-4-3-6-14(8-12)17-11-21-18(20-17)16-9-13-5-1-2-7-15(13)16/h1-8,11,16H,9H2. The Balaban J connectivity index is 1.67. The molecule has 1 aliphatic rings. The zero-order chi connectivity index (χ0) is 14.2. The van der Waals surface area contributed by atoms with Crippen molar-refractivity contribution < 1.29 is 0 Å². The number of thiazole rings is 1. The monoisotopic (exact) mass is 288 g/mol. The SMILES string of the molecule is N#Cc1cccc(-c2csc(C3Cc4ccccc43)n2)c1. The molecule has 1 unspecified atom stereocenters. The van der Waals surface area contributed by atoms with E-state index in [-0.39, 0.29) is 0 Å². The number of benzene rings is 2. The van der Waals surface area contributed by atoms with Crippen LogP contribution < -0.4 is 0 Å². The van der Waals surface area contributed by atoms with Crippen molar-refractivity contribution in [1.29, 1.82) is 5.26 Å². The number of aromatic nitrogens is 1. The van der Waals surface area contributed by atoms with Crippen molar-refractivity contribution in [2.45, 2.75) is 12.3 Å². The summed E-state index contributed by atoms with van der Waals surface area (Å²) in [7, 11) is 0. The Kier molecular flexibility index (Phi) is 2.83. The highest BCUT2D eigenvalue weighted by Crippen LogP contribution is 2.41. The van der Waals surface area contributed by atoms with Gasteiger partial charge in [0.2, 0.25) is 0 Å². The smallest absolute Gasteiger partial charge is 0.101 e. The lowest BCUT2D eigenvalue weighted by Gasteiger charge is -2.28. The largest absolute Gasteiger partial charge is 0.241 e. The van der Waals surface area contributed by atoms with Gasteiger partial charge in [0, 0.05) is 16.9 Å². The van der Waals surface area contributed by atoms with E-state index in [4.69, 9.17) is 10.2 Å². The highest BCUT2D eigenvalue weighted by molar-refractivity contribution is 7.10. The molecule has 2 aromatic carbocycles. The molecule has 1 aliphatic carbocycles. The molecule has 0 amide bonds. The van der Waals surface area contributed by atoms with Crippen molar-refractivity contribution in [2.75, 3.05) is 0 Å². The highest BCUT2D eigenvalue weighted by atomic mass is 32.1. The summed E-state index contributed by atoms with van der Waals surface area (Å²) in [4.78, 5) is 4.79. The summed E-state index contributed by atoms with van der Waals surface area (Å²) in [5.41, 5.74) is 5.51. The summed E-state index contributed by atoms with van der Waals surface area (Å²) in [6.07, 6.45) is 1.08. The van der Waals surface area contributed by atoms with Crippen molar-refractivity contribution in [3.8, 4) is 17.3 Å². The lowest BCUT2D eigenvalue weighted by atomic mass is 9.78. The molecule has 4 rings (SSSR count). The summed E-state index contributed by atoms with van der Waals surface area (Å²) < 4.78 is 0. The van der Waals surface area contributed by atoms with Crippen molar-refractivity contribution >= 4 is 11.3 Å². The van der Waals surface area contributed by atoms with Gasteiger partial charge in [-0.1, -0.05) is 36.4 Å². The molecular weight excluding hydrogens is 276 g/mol. The van der Waals surface area contributed by atoms with Crippen molar-refractivity contribution in [2.24, 2.45) is 0 Å². The van der Waals surface area contributed by atoms with Gasteiger partial charge in [-0.2, -0.15) is 5.26 Å². The Morgan fingerprint density at radius 1 is 1.14 bits per heavy atom. The molecule has 0 bridgehead atoms. The van der Waals surface area contributed by atoms with Gasteiger partial charge >= 0.3 is 0 Å². The third-order valence-corrected chi connectivity index (χ3v) is 4.92. The van der Waals surface area contributed by atoms with Gasteiger partial charge in [-0.15, -0.1) is 11.3 Å². The predicted molar refractivity (Wildman–Crippen MR) is 84.3 cm³/mol. The molecule has 1 heterocycles. The first-order valence-corrected chi connectivity index (χ1v) is 7.77. The van der Waals surface area contributed by atoms with Gasteiger partial charge in [-0.3, -0.25) is 0 Å². The third kappa shape index (κ3) is 2.05. The molecule has 0 fully saturated rings. The molecule has 100 valence electrons. The van der Waals surface area contributed by atoms with Gasteiger partial charge in [0.25, 0.3) is 0 Å². The van der Waals surface area contributed by atoms with Crippen LogP contribution in [0.4, 0.5) is 0 Å². The summed E-state index contributed by atoms with van der Waals surface area (Å²) in [6.45, 7) is 0. The van der Waals surface area contributed by atoms with Crippen LogP contribution in [0.3, 0.4) is 0 Å². The summed E-state index contributed by atoms with van der Waals surface area (Å²) in [5, 5.41) is 12.3. The molecular formula is C18H12N2S. The van der Waals surface area contributed by atoms with Crippen LogP contribution in [0.15, 0.2) is 53.9 Å². The minimum absolute atomic E-state index is 0.444. The first kappa shape index (κ1) is 12.3. The van der Waals surface area contributed by atoms with Gasteiger partial charge < -0.3 is 0 Å². The number of hydrogen-bond acceptors (Lipinski definition) is 3. The molecule has 21 heavy (non-hydrogen) atoms. The minimum atomic E-state index is 0.444. The second kappa shape index (κ2) is 4.83. The minimum Gasteiger partial charge on any atom is -0.241 e. The Hall–Kier alpha value is -2.44. The van der Waals surface area contributed by atoms with Gasteiger partial charge in [-0.25, -0.2) is 4.98 Å². The van der Waals surface area contributed by atoms with Crippen LogP contribution in [0, 0.1) is 11.3 Å². The normalized spacial score (nSPS) is 15.9. The molecule has 2 nitrogen and oxygen atoms in total. The van der Waals surface area contributed by atoms with E-state index in [0.717, 1.165) is 17.7 Å². The number of nitrogens with zero attached hydrogens (tertiary/aromatic N) is 2. The quantitative estimate of drug-likeness (QED) is 0.702. The first-order valence-electron chi connectivity index (χ1n) is 6.89. The van der Waals surface area contributed by atoms with E-state index >= 15 is 0 Å². The number of hydrogen-bond donors (Lipinski definition) is 0. The molecule has 0 aliphatic heterocycles. The van der Waals surface area contributed by atoms with E-state index in [1.165, 1.54) is 16.1 Å². The van der Waals surface area contributed by atoms with E-state index in [1.807, 2.05) is 24.3 Å². The predicted octanol–water partition coefficient (Wildman–Crippen LogP) is 4.37. The van der Waals surface area contributed by atoms with E-state index < -0.39 is 0 Å². The van der Waals surface area contributed by atoms with Gasteiger partial charge in [0.15, 0.2) is 0 Å². The molecule has 0 spiro atoms. The van der Waals surface area contributed by atoms with Gasteiger partial charge in [0.1, 0.15) is 5.01 Å². The molecule has 3 aromatic rings. The van der Waals surface area contributed by atoms with Crippen LogP contribution >= 0.6 is 11.3 Å². The lowest BCUT2D eigenvalue weighted by molar-refractivity contribution is 0.703. The van der Waals surface area contributed by atoms with Crippen LogP contribution in [-0.2, 0) is 6.42 Å². The number of nitriles is 1. The van der Waals surface area contributed by atoms with E-state index in [0.29, 0.717) is 11.5 Å². The summed E-state index contributed by atoms with van der Waals surface area (Å²) >= 11 is 1.71. The van der Waals surface area contributed by atoms with E-state index in [2.05, 4.69) is 35.7 Å². The Morgan fingerprint density at radius 2 is 2.05 bits per heavy atom. The zero-order valence-corrected chi connectivity index (χ0v) is 12.1. The fourth-order valence-electron chi connectivity index (χ4n) is 2.81. The molecule has 0 N–H and O–H groups in total. The average Bonchev–Trinajstić information content (AvgIpc) is 2.98.